The normalized spacial score (nSPS) is 10.5. The number of carbonyl (C=O) groups excluding carboxylic acids is 1. The van der Waals surface area contributed by atoms with Crippen LogP contribution in [0.15, 0.2) is 4.42 Å². The number of aryl methyl sites for hydroxylation is 1. The molecular weight excluding hydrogens is 220 g/mol. The van der Waals surface area contributed by atoms with Gasteiger partial charge in [-0.25, -0.2) is 4.79 Å². The first-order chi connectivity index (χ1) is 7.80. The molecule has 1 aromatic heterocycles. The molecule has 1 heterocycles. The van der Waals surface area contributed by atoms with Crippen LogP contribution < -0.4 is 0 Å². The Bertz CT molecular complexity index is 536. The van der Waals surface area contributed by atoms with E-state index in [-0.39, 0.29) is 22.6 Å². The first-order valence-electron chi connectivity index (χ1n) is 4.97. The van der Waals surface area contributed by atoms with Crippen LogP contribution in [0.1, 0.15) is 48.2 Å². The van der Waals surface area contributed by atoms with Gasteiger partial charge in [0.05, 0.1) is 0 Å². The predicted octanol–water partition coefficient (Wildman–Crippen LogP) is 2.29. The molecule has 0 amide bonds. The van der Waals surface area contributed by atoms with Crippen molar-refractivity contribution in [2.75, 3.05) is 0 Å². The molecule has 0 atom stereocenters. The molecule has 0 spiro atoms. The average molecular weight is 232 g/mol. The number of ether oxygens (including phenoxy) is 1. The fraction of sp³-hybridized carbons (Fsp3) is 0.417. The van der Waals surface area contributed by atoms with Crippen LogP contribution in [0.25, 0.3) is 0 Å². The highest BCUT2D eigenvalue weighted by Crippen LogP contribution is 2.23. The van der Waals surface area contributed by atoms with Crippen molar-refractivity contribution in [2.45, 2.75) is 33.3 Å². The van der Waals surface area contributed by atoms with Crippen LogP contribution in [0.4, 0.5) is 0 Å². The summed E-state index contributed by atoms with van der Waals surface area (Å²) in [6.07, 6.45) is 0. The van der Waals surface area contributed by atoms with E-state index in [2.05, 4.69) is 0 Å². The molecule has 5 heteroatoms. The summed E-state index contributed by atoms with van der Waals surface area (Å²) in [7, 11) is 0. The van der Waals surface area contributed by atoms with E-state index in [1.807, 2.05) is 0 Å². The van der Waals surface area contributed by atoms with Crippen molar-refractivity contribution in [1.29, 1.82) is 10.5 Å². The maximum Gasteiger partial charge on any atom is 0.343 e. The molecule has 0 aromatic carbocycles. The summed E-state index contributed by atoms with van der Waals surface area (Å²) < 4.78 is 10.2. The monoisotopic (exact) mass is 232 g/mol. The van der Waals surface area contributed by atoms with Crippen LogP contribution >= 0.6 is 0 Å². The van der Waals surface area contributed by atoms with Crippen molar-refractivity contribution in [1.82, 2.24) is 0 Å². The van der Waals surface area contributed by atoms with Crippen LogP contribution in [-0.4, -0.2) is 11.6 Å². The van der Waals surface area contributed by atoms with Gasteiger partial charge in [-0.3, -0.25) is 0 Å². The molecule has 0 saturated carbocycles. The summed E-state index contributed by atoms with van der Waals surface area (Å²) >= 11 is 0. The minimum Gasteiger partial charge on any atom is -0.456 e. The highest BCUT2D eigenvalue weighted by molar-refractivity contribution is 5.94. The molecule has 0 bridgehead atoms. The number of nitrogens with zero attached hydrogens (tertiary/aromatic N) is 2. The van der Waals surface area contributed by atoms with Gasteiger partial charge >= 0.3 is 5.97 Å². The first kappa shape index (κ1) is 12.8. The Labute approximate surface area is 99.2 Å². The zero-order valence-electron chi connectivity index (χ0n) is 10.1. The molecule has 5 nitrogen and oxygen atoms in total. The van der Waals surface area contributed by atoms with E-state index in [0.717, 1.165) is 0 Å². The van der Waals surface area contributed by atoms with E-state index in [1.54, 1.807) is 32.9 Å². The highest BCUT2D eigenvalue weighted by atomic mass is 16.6. The number of hydrogen-bond donors (Lipinski definition) is 0. The molecule has 1 aromatic rings. The second kappa shape index (κ2) is 4.31. The van der Waals surface area contributed by atoms with Gasteiger partial charge in [-0.15, -0.1) is 0 Å². The third-order valence-electron chi connectivity index (χ3n) is 1.90. The van der Waals surface area contributed by atoms with E-state index in [1.165, 1.54) is 6.92 Å². The average Bonchev–Trinajstić information content (AvgIpc) is 2.51. The Morgan fingerprint density at radius 2 is 1.88 bits per heavy atom. The maximum atomic E-state index is 11.8. The van der Waals surface area contributed by atoms with E-state index in [0.29, 0.717) is 0 Å². The summed E-state index contributed by atoms with van der Waals surface area (Å²) in [6.45, 7) is 6.67. The van der Waals surface area contributed by atoms with Crippen molar-refractivity contribution < 1.29 is 13.9 Å². The van der Waals surface area contributed by atoms with Crippen LogP contribution in [0.3, 0.4) is 0 Å². The Morgan fingerprint density at radius 3 is 2.29 bits per heavy atom. The van der Waals surface area contributed by atoms with Gasteiger partial charge in [-0.1, -0.05) is 0 Å². The van der Waals surface area contributed by atoms with Gasteiger partial charge in [0.25, 0.3) is 0 Å². The summed E-state index contributed by atoms with van der Waals surface area (Å²) in [5.41, 5.74) is -0.710. The standard InChI is InChI=1S/C12H12N2O3/c1-7-10(11(15)17-12(2,3)4)8(5-13)9(6-14)16-7/h1-4H3. The molecule has 0 saturated heterocycles. The van der Waals surface area contributed by atoms with Crippen LogP contribution in [0.5, 0.6) is 0 Å². The largest absolute Gasteiger partial charge is 0.456 e. The van der Waals surface area contributed by atoms with Crippen molar-refractivity contribution in [2.24, 2.45) is 0 Å². The van der Waals surface area contributed by atoms with Crippen LogP contribution in [0.2, 0.25) is 0 Å². The number of hydrogen-bond acceptors (Lipinski definition) is 5. The number of furan rings is 1. The molecule has 0 unspecified atom stereocenters. The second-order valence-corrected chi connectivity index (χ2v) is 4.46. The molecule has 88 valence electrons. The third-order valence-corrected chi connectivity index (χ3v) is 1.90. The second-order valence-electron chi connectivity index (χ2n) is 4.46. The molecule has 0 N–H and O–H groups in total. The SMILES string of the molecule is Cc1oc(C#N)c(C#N)c1C(=O)OC(C)(C)C. The topological polar surface area (TPSA) is 87.0 Å². The van der Waals surface area contributed by atoms with Crippen molar-refractivity contribution in [3.8, 4) is 12.1 Å². The maximum absolute atomic E-state index is 11.8. The molecular formula is C12H12N2O3. The lowest BCUT2D eigenvalue weighted by atomic mass is 10.1. The van der Waals surface area contributed by atoms with Gasteiger partial charge in [0.1, 0.15) is 34.6 Å². The quantitative estimate of drug-likeness (QED) is 0.693. The lowest BCUT2D eigenvalue weighted by molar-refractivity contribution is 0.00675. The van der Waals surface area contributed by atoms with Crippen molar-refractivity contribution in [3.63, 3.8) is 0 Å². The van der Waals surface area contributed by atoms with Crippen molar-refractivity contribution >= 4 is 5.97 Å². The minimum atomic E-state index is -0.666. The lowest BCUT2D eigenvalue weighted by Gasteiger charge is -2.19. The Morgan fingerprint density at radius 1 is 1.29 bits per heavy atom. The number of carbonyl (C=O) groups is 1. The molecule has 0 radical (unpaired) electrons. The van der Waals surface area contributed by atoms with E-state index in [9.17, 15) is 4.79 Å². The van der Waals surface area contributed by atoms with E-state index in [4.69, 9.17) is 19.7 Å². The molecule has 0 fully saturated rings. The summed E-state index contributed by atoms with van der Waals surface area (Å²) in [5, 5.41) is 17.7. The highest BCUT2D eigenvalue weighted by Gasteiger charge is 2.27. The van der Waals surface area contributed by atoms with E-state index >= 15 is 0 Å². The number of rotatable bonds is 1. The van der Waals surface area contributed by atoms with Gasteiger partial charge in [0.15, 0.2) is 0 Å². The third kappa shape index (κ3) is 2.64. The molecule has 1 rings (SSSR count). The van der Waals surface area contributed by atoms with Crippen LogP contribution in [-0.2, 0) is 4.74 Å². The van der Waals surface area contributed by atoms with Gasteiger partial charge in [-0.05, 0) is 27.7 Å². The number of nitriles is 2. The van der Waals surface area contributed by atoms with Gasteiger partial charge in [0, 0.05) is 0 Å². The molecule has 0 aliphatic heterocycles. The van der Waals surface area contributed by atoms with Gasteiger partial charge < -0.3 is 9.15 Å². The summed E-state index contributed by atoms with van der Waals surface area (Å²) in [6, 6.07) is 3.51. The van der Waals surface area contributed by atoms with Gasteiger partial charge in [0.2, 0.25) is 5.76 Å². The zero-order valence-corrected chi connectivity index (χ0v) is 10.1. The van der Waals surface area contributed by atoms with Crippen LogP contribution in [0, 0.1) is 29.6 Å². The molecule has 0 aliphatic rings. The summed E-state index contributed by atoms with van der Waals surface area (Å²) in [4.78, 5) is 11.8. The predicted molar refractivity (Wildman–Crippen MR) is 58.0 cm³/mol. The van der Waals surface area contributed by atoms with E-state index < -0.39 is 11.6 Å². The Hall–Kier alpha value is -2.27. The first-order valence-corrected chi connectivity index (χ1v) is 4.97. The zero-order chi connectivity index (χ0) is 13.2. The van der Waals surface area contributed by atoms with Crippen molar-refractivity contribution in [3.05, 3.63) is 22.6 Å². The fourth-order valence-corrected chi connectivity index (χ4v) is 1.31. The molecule has 17 heavy (non-hydrogen) atoms. The van der Waals surface area contributed by atoms with Gasteiger partial charge in [-0.2, -0.15) is 10.5 Å². The number of esters is 1. The smallest absolute Gasteiger partial charge is 0.343 e. The fourth-order valence-electron chi connectivity index (χ4n) is 1.31. The summed E-state index contributed by atoms with van der Waals surface area (Å²) in [5.74, 6) is -0.602. The lowest BCUT2D eigenvalue weighted by Crippen LogP contribution is -2.24. The molecule has 0 aliphatic carbocycles. The minimum absolute atomic E-state index is 0.0268. The Kier molecular flexibility index (Phi) is 3.24. The Balaban J connectivity index is 3.25.